The Kier molecular flexibility index (Phi) is 7.17. The lowest BCUT2D eigenvalue weighted by Gasteiger charge is -2.19. The number of nitrogens with zero attached hydrogens (tertiary/aromatic N) is 1. The minimum Gasteiger partial charge on any atom is -0.502 e. The number of likely N-dealkylation sites (N-methyl/N-ethyl adjacent to an activating group) is 1. The van der Waals surface area contributed by atoms with Crippen LogP contribution in [0, 0.1) is 0 Å². The number of methoxy groups -OCH3 is 1. The molecule has 0 aromatic carbocycles. The molecule has 0 aliphatic carbocycles. The smallest absolute Gasteiger partial charge is 0.226 e. The molecule has 0 fully saturated rings. The maximum atomic E-state index is 11.3. The third kappa shape index (κ3) is 5.42. The summed E-state index contributed by atoms with van der Waals surface area (Å²) in [6, 6.07) is 1.20. The molecule has 0 unspecified atom stereocenters. The number of ether oxygens (including phenoxy) is 2. The minimum atomic E-state index is -0.423. The summed E-state index contributed by atoms with van der Waals surface area (Å²) >= 11 is 0. The largest absolute Gasteiger partial charge is 0.502 e. The molecule has 1 aromatic heterocycles. The van der Waals surface area contributed by atoms with E-state index in [1.807, 2.05) is 11.8 Å². The molecule has 6 nitrogen and oxygen atoms in total. The Morgan fingerprint density at radius 1 is 1.37 bits per heavy atom. The Morgan fingerprint density at radius 2 is 2.16 bits per heavy atom. The van der Waals surface area contributed by atoms with E-state index < -0.39 is 5.43 Å². The molecule has 0 saturated heterocycles. The standard InChI is InChI=1S/C13H21NO5/c1-3-14(5-7-18-9-8-17-2)10-12-13(16)11(15)4-6-19-12/h4,6,16H,3,5,7-10H2,1-2H3. The lowest BCUT2D eigenvalue weighted by molar-refractivity contribution is 0.0555. The Balaban J connectivity index is 2.43. The summed E-state index contributed by atoms with van der Waals surface area (Å²) in [6.07, 6.45) is 1.29. The molecule has 0 spiro atoms. The normalized spacial score (nSPS) is 11.1. The topological polar surface area (TPSA) is 72.1 Å². The van der Waals surface area contributed by atoms with Crippen LogP contribution in [0.4, 0.5) is 0 Å². The third-order valence-corrected chi connectivity index (χ3v) is 2.73. The first kappa shape index (κ1) is 15.7. The van der Waals surface area contributed by atoms with Crippen molar-refractivity contribution in [3.05, 3.63) is 28.3 Å². The Labute approximate surface area is 112 Å². The second-order valence-electron chi connectivity index (χ2n) is 4.03. The Bertz CT molecular complexity index is 418. The van der Waals surface area contributed by atoms with Gasteiger partial charge in [0, 0.05) is 19.7 Å². The molecular weight excluding hydrogens is 250 g/mol. The first-order chi connectivity index (χ1) is 9.19. The highest BCUT2D eigenvalue weighted by Crippen LogP contribution is 2.13. The molecule has 0 aliphatic heterocycles. The summed E-state index contributed by atoms with van der Waals surface area (Å²) in [5, 5.41) is 9.60. The zero-order chi connectivity index (χ0) is 14.1. The van der Waals surface area contributed by atoms with Gasteiger partial charge in [-0.25, -0.2) is 0 Å². The van der Waals surface area contributed by atoms with Gasteiger partial charge in [-0.05, 0) is 6.54 Å². The number of hydrogen-bond acceptors (Lipinski definition) is 6. The maximum Gasteiger partial charge on any atom is 0.226 e. The van der Waals surface area contributed by atoms with Crippen molar-refractivity contribution >= 4 is 0 Å². The zero-order valence-corrected chi connectivity index (χ0v) is 11.4. The summed E-state index contributed by atoms with van der Waals surface area (Å²) in [4.78, 5) is 13.3. The van der Waals surface area contributed by atoms with E-state index in [-0.39, 0.29) is 11.5 Å². The fraction of sp³-hybridized carbons (Fsp3) is 0.615. The maximum absolute atomic E-state index is 11.3. The predicted molar refractivity (Wildman–Crippen MR) is 70.3 cm³/mol. The van der Waals surface area contributed by atoms with E-state index in [1.165, 1.54) is 12.3 Å². The monoisotopic (exact) mass is 271 g/mol. The van der Waals surface area contributed by atoms with Gasteiger partial charge in [-0.2, -0.15) is 0 Å². The van der Waals surface area contributed by atoms with Gasteiger partial charge in [0.1, 0.15) is 0 Å². The highest BCUT2D eigenvalue weighted by atomic mass is 16.5. The predicted octanol–water partition coefficient (Wildman–Crippen LogP) is 0.830. The molecule has 0 amide bonds. The summed E-state index contributed by atoms with van der Waals surface area (Å²) < 4.78 is 15.4. The van der Waals surface area contributed by atoms with Crippen LogP contribution in [0.3, 0.4) is 0 Å². The number of rotatable bonds is 9. The van der Waals surface area contributed by atoms with E-state index in [0.717, 1.165) is 6.54 Å². The zero-order valence-electron chi connectivity index (χ0n) is 11.4. The second-order valence-corrected chi connectivity index (χ2v) is 4.03. The van der Waals surface area contributed by atoms with Crippen molar-refractivity contribution in [1.29, 1.82) is 0 Å². The highest BCUT2D eigenvalue weighted by Gasteiger charge is 2.11. The lowest BCUT2D eigenvalue weighted by atomic mass is 10.3. The first-order valence-electron chi connectivity index (χ1n) is 6.27. The van der Waals surface area contributed by atoms with Crippen molar-refractivity contribution in [3.63, 3.8) is 0 Å². The van der Waals surface area contributed by atoms with Crippen molar-refractivity contribution in [3.8, 4) is 5.75 Å². The van der Waals surface area contributed by atoms with Gasteiger partial charge in [0.05, 0.1) is 32.6 Å². The minimum absolute atomic E-state index is 0.284. The van der Waals surface area contributed by atoms with Gasteiger partial charge in [0.2, 0.25) is 11.2 Å². The van der Waals surface area contributed by atoms with E-state index >= 15 is 0 Å². The molecule has 1 N–H and O–H groups in total. The molecule has 0 bridgehead atoms. The average Bonchev–Trinajstić information content (AvgIpc) is 2.42. The highest BCUT2D eigenvalue weighted by molar-refractivity contribution is 5.22. The molecule has 6 heteroatoms. The van der Waals surface area contributed by atoms with Gasteiger partial charge >= 0.3 is 0 Å². The molecule has 0 radical (unpaired) electrons. The fourth-order valence-electron chi connectivity index (χ4n) is 1.55. The van der Waals surface area contributed by atoms with Gasteiger partial charge in [0.25, 0.3) is 0 Å². The van der Waals surface area contributed by atoms with E-state index in [4.69, 9.17) is 13.9 Å². The van der Waals surface area contributed by atoms with Crippen molar-refractivity contribution < 1.29 is 19.0 Å². The molecule has 1 heterocycles. The van der Waals surface area contributed by atoms with Crippen molar-refractivity contribution in [2.75, 3.05) is 40.0 Å². The summed E-state index contributed by atoms with van der Waals surface area (Å²) in [7, 11) is 1.63. The molecule has 0 aliphatic rings. The van der Waals surface area contributed by atoms with Gasteiger partial charge < -0.3 is 19.0 Å². The molecular formula is C13H21NO5. The molecule has 1 aromatic rings. The van der Waals surface area contributed by atoms with Crippen LogP contribution >= 0.6 is 0 Å². The summed E-state index contributed by atoms with van der Waals surface area (Å²) in [5.74, 6) is -0.0347. The van der Waals surface area contributed by atoms with Crippen LogP contribution in [-0.4, -0.2) is 50.0 Å². The van der Waals surface area contributed by atoms with Crippen molar-refractivity contribution in [1.82, 2.24) is 4.90 Å². The Hall–Kier alpha value is -1.37. The van der Waals surface area contributed by atoms with Crippen molar-refractivity contribution in [2.45, 2.75) is 13.5 Å². The van der Waals surface area contributed by atoms with E-state index in [2.05, 4.69) is 0 Å². The first-order valence-corrected chi connectivity index (χ1v) is 6.27. The van der Waals surface area contributed by atoms with Gasteiger partial charge in [-0.3, -0.25) is 9.69 Å². The van der Waals surface area contributed by atoms with Gasteiger partial charge in [-0.1, -0.05) is 6.92 Å². The van der Waals surface area contributed by atoms with Gasteiger partial charge in [0.15, 0.2) is 5.76 Å². The quantitative estimate of drug-likeness (QED) is 0.671. The third-order valence-electron chi connectivity index (χ3n) is 2.73. The number of aromatic hydroxyl groups is 1. The lowest BCUT2D eigenvalue weighted by Crippen LogP contribution is -2.27. The van der Waals surface area contributed by atoms with Crippen LogP contribution in [0.1, 0.15) is 12.7 Å². The van der Waals surface area contributed by atoms with Crippen molar-refractivity contribution in [2.24, 2.45) is 0 Å². The van der Waals surface area contributed by atoms with E-state index in [1.54, 1.807) is 7.11 Å². The van der Waals surface area contributed by atoms with Crippen LogP contribution in [-0.2, 0) is 16.0 Å². The average molecular weight is 271 g/mol. The summed E-state index contributed by atoms with van der Waals surface area (Å²) in [5.41, 5.74) is -0.423. The molecule has 19 heavy (non-hydrogen) atoms. The molecule has 0 saturated carbocycles. The van der Waals surface area contributed by atoms with Crippen LogP contribution < -0.4 is 5.43 Å². The van der Waals surface area contributed by atoms with Crippen LogP contribution in [0.2, 0.25) is 0 Å². The summed E-state index contributed by atoms with van der Waals surface area (Å²) in [6.45, 7) is 5.53. The van der Waals surface area contributed by atoms with Gasteiger partial charge in [-0.15, -0.1) is 0 Å². The second kappa shape index (κ2) is 8.68. The SMILES string of the molecule is CCN(CCOCCOC)Cc1occc(=O)c1O. The molecule has 1 rings (SSSR count). The number of hydrogen-bond donors (Lipinski definition) is 1. The Morgan fingerprint density at radius 3 is 2.84 bits per heavy atom. The molecule has 108 valence electrons. The van der Waals surface area contributed by atoms with Crippen LogP contribution in [0.5, 0.6) is 5.75 Å². The van der Waals surface area contributed by atoms with E-state index in [9.17, 15) is 9.90 Å². The molecule has 0 atom stereocenters. The fourth-order valence-corrected chi connectivity index (χ4v) is 1.55. The van der Waals surface area contributed by atoms with Crippen LogP contribution in [0.25, 0.3) is 0 Å². The van der Waals surface area contributed by atoms with E-state index in [0.29, 0.717) is 32.9 Å². The van der Waals surface area contributed by atoms with Crippen LogP contribution in [0.15, 0.2) is 21.5 Å².